The van der Waals surface area contributed by atoms with Crippen LogP contribution < -0.4 is 10.1 Å². The summed E-state index contributed by atoms with van der Waals surface area (Å²) in [5.41, 5.74) is 0.860. The van der Waals surface area contributed by atoms with Gasteiger partial charge in [0.1, 0.15) is 11.9 Å². The van der Waals surface area contributed by atoms with E-state index in [1.807, 2.05) is 0 Å². The van der Waals surface area contributed by atoms with Gasteiger partial charge in [-0.25, -0.2) is 8.78 Å². The van der Waals surface area contributed by atoms with E-state index in [9.17, 15) is 8.78 Å². The van der Waals surface area contributed by atoms with Crippen molar-refractivity contribution in [2.24, 2.45) is 0 Å². The summed E-state index contributed by atoms with van der Waals surface area (Å²) in [5, 5.41) is 3.31. The lowest BCUT2D eigenvalue weighted by atomic mass is 9.86. The van der Waals surface area contributed by atoms with Crippen LogP contribution in [0.5, 0.6) is 5.75 Å². The molecule has 4 aliphatic heterocycles. The minimum absolute atomic E-state index is 0.0615. The van der Waals surface area contributed by atoms with Crippen molar-refractivity contribution in [1.29, 1.82) is 0 Å². The summed E-state index contributed by atoms with van der Waals surface area (Å²) in [6.45, 7) is 5.78. The van der Waals surface area contributed by atoms with Crippen LogP contribution in [0, 0.1) is 11.6 Å². The lowest BCUT2D eigenvalue weighted by Gasteiger charge is -2.40. The number of piperidine rings is 1. The minimum Gasteiger partial charge on any atom is -0.488 e. The molecule has 0 bridgehead atoms. The molecule has 0 saturated carbocycles. The average Bonchev–Trinajstić information content (AvgIpc) is 3.34. The number of benzene rings is 1. The molecule has 5 rings (SSSR count). The first-order valence-electron chi connectivity index (χ1n) is 10.4. The van der Waals surface area contributed by atoms with Crippen molar-refractivity contribution in [1.82, 2.24) is 10.2 Å². The fourth-order valence-corrected chi connectivity index (χ4v) is 5.03. The highest BCUT2D eigenvalue weighted by molar-refractivity contribution is 5.38. The highest BCUT2D eigenvalue weighted by atomic mass is 19.2. The molecular formula is C21H28F2N2O3. The zero-order chi connectivity index (χ0) is 19.1. The second kappa shape index (κ2) is 7.52. The van der Waals surface area contributed by atoms with Gasteiger partial charge in [0.2, 0.25) is 0 Å². The van der Waals surface area contributed by atoms with Gasteiger partial charge >= 0.3 is 0 Å². The minimum atomic E-state index is -0.849. The number of hydrogen-bond acceptors (Lipinski definition) is 5. The van der Waals surface area contributed by atoms with Crippen molar-refractivity contribution in [3.63, 3.8) is 0 Å². The lowest BCUT2D eigenvalue weighted by molar-refractivity contribution is -0.0367. The van der Waals surface area contributed by atoms with Crippen LogP contribution in [0.15, 0.2) is 12.1 Å². The van der Waals surface area contributed by atoms with E-state index in [0.717, 1.165) is 64.0 Å². The summed E-state index contributed by atoms with van der Waals surface area (Å²) in [7, 11) is 0. The quantitative estimate of drug-likeness (QED) is 0.850. The van der Waals surface area contributed by atoms with Crippen molar-refractivity contribution >= 4 is 0 Å². The van der Waals surface area contributed by atoms with Crippen LogP contribution in [0.25, 0.3) is 0 Å². The van der Waals surface area contributed by atoms with Gasteiger partial charge in [-0.2, -0.15) is 0 Å². The van der Waals surface area contributed by atoms with Gasteiger partial charge < -0.3 is 19.5 Å². The molecular weight excluding hydrogens is 366 g/mol. The van der Waals surface area contributed by atoms with Gasteiger partial charge in [-0.05, 0) is 44.3 Å². The number of rotatable bonds is 4. The molecule has 28 heavy (non-hydrogen) atoms. The molecule has 0 radical (unpaired) electrons. The van der Waals surface area contributed by atoms with Crippen LogP contribution >= 0.6 is 0 Å². The number of nitrogens with one attached hydrogen (secondary N) is 1. The number of ether oxygens (including phenoxy) is 3. The van der Waals surface area contributed by atoms with Crippen molar-refractivity contribution in [3.05, 3.63) is 29.3 Å². The highest BCUT2D eigenvalue weighted by Crippen LogP contribution is 2.39. The summed E-state index contributed by atoms with van der Waals surface area (Å²) < 4.78 is 45.3. The summed E-state index contributed by atoms with van der Waals surface area (Å²) >= 11 is 0. The highest BCUT2D eigenvalue weighted by Gasteiger charge is 2.47. The van der Waals surface area contributed by atoms with Gasteiger partial charge in [0.05, 0.1) is 25.4 Å². The van der Waals surface area contributed by atoms with E-state index in [4.69, 9.17) is 14.2 Å². The first kappa shape index (κ1) is 18.7. The van der Waals surface area contributed by atoms with Crippen LogP contribution in [0.4, 0.5) is 8.78 Å². The Morgan fingerprint density at radius 2 is 1.86 bits per heavy atom. The zero-order valence-corrected chi connectivity index (χ0v) is 16.1. The first-order valence-corrected chi connectivity index (χ1v) is 10.4. The largest absolute Gasteiger partial charge is 0.488 e. The van der Waals surface area contributed by atoms with E-state index in [2.05, 4.69) is 10.2 Å². The SMILES string of the molecule is Fc1cc(O[C@@H]2CCOC2)c(C2CCN([C@@H]3COC4(CNC4)C3)CC2)cc1F. The average molecular weight is 394 g/mol. The van der Waals surface area contributed by atoms with Crippen LogP contribution in [0.3, 0.4) is 0 Å². The van der Waals surface area contributed by atoms with Crippen LogP contribution in [0.1, 0.15) is 37.2 Å². The van der Waals surface area contributed by atoms with Gasteiger partial charge in [-0.1, -0.05) is 0 Å². The zero-order valence-electron chi connectivity index (χ0n) is 16.1. The Bertz CT molecular complexity index is 714. The number of likely N-dealkylation sites (tertiary alicyclic amines) is 1. The molecule has 1 aromatic carbocycles. The predicted octanol–water partition coefficient (Wildman–Crippen LogP) is 2.44. The molecule has 0 aromatic heterocycles. The Morgan fingerprint density at radius 1 is 1.07 bits per heavy atom. The third-order valence-corrected chi connectivity index (χ3v) is 6.80. The van der Waals surface area contributed by atoms with Crippen molar-refractivity contribution in [2.45, 2.75) is 49.3 Å². The Labute approximate surface area is 164 Å². The van der Waals surface area contributed by atoms with Gasteiger partial charge in [0.25, 0.3) is 0 Å². The molecule has 154 valence electrons. The molecule has 0 aliphatic carbocycles. The predicted molar refractivity (Wildman–Crippen MR) is 99.7 cm³/mol. The van der Waals surface area contributed by atoms with E-state index < -0.39 is 11.6 Å². The molecule has 1 N–H and O–H groups in total. The maximum absolute atomic E-state index is 14.0. The van der Waals surface area contributed by atoms with Crippen molar-refractivity contribution in [3.8, 4) is 5.75 Å². The lowest BCUT2D eigenvalue weighted by Crippen LogP contribution is -2.59. The van der Waals surface area contributed by atoms with Gasteiger partial charge in [-0.15, -0.1) is 0 Å². The maximum Gasteiger partial charge on any atom is 0.162 e. The summed E-state index contributed by atoms with van der Waals surface area (Å²) in [4.78, 5) is 2.51. The Kier molecular flexibility index (Phi) is 5.03. The fourth-order valence-electron chi connectivity index (χ4n) is 5.03. The van der Waals surface area contributed by atoms with Gasteiger partial charge in [0.15, 0.2) is 11.6 Å². The van der Waals surface area contributed by atoms with E-state index in [-0.39, 0.29) is 17.6 Å². The Morgan fingerprint density at radius 3 is 2.50 bits per heavy atom. The van der Waals surface area contributed by atoms with Crippen LogP contribution in [-0.4, -0.2) is 68.6 Å². The standard InChI is InChI=1S/C21H28F2N2O3/c22-18-7-17(20(8-19(18)23)28-16-3-6-26-11-16)14-1-4-25(5-2-14)15-9-21(27-10-15)12-24-13-21/h7-8,14-16,24H,1-6,9-13H2/t15-,16+/m0/s1. The second-order valence-electron chi connectivity index (χ2n) is 8.67. The van der Waals surface area contributed by atoms with Crippen LogP contribution in [0.2, 0.25) is 0 Å². The molecule has 0 unspecified atom stereocenters. The van der Waals surface area contributed by atoms with Crippen molar-refractivity contribution in [2.75, 3.05) is 46.0 Å². The molecule has 1 aromatic rings. The molecule has 4 aliphatic rings. The number of hydrogen-bond donors (Lipinski definition) is 1. The number of halogens is 2. The van der Waals surface area contributed by atoms with E-state index in [0.29, 0.717) is 25.0 Å². The molecule has 7 heteroatoms. The van der Waals surface area contributed by atoms with Crippen molar-refractivity contribution < 1.29 is 23.0 Å². The monoisotopic (exact) mass is 394 g/mol. The normalized spacial score (nSPS) is 30.6. The van der Waals surface area contributed by atoms with E-state index in [1.54, 1.807) is 0 Å². The first-order chi connectivity index (χ1) is 13.6. The maximum atomic E-state index is 14.0. The molecule has 2 atom stereocenters. The summed E-state index contributed by atoms with van der Waals surface area (Å²) in [6.07, 6.45) is 3.64. The topological polar surface area (TPSA) is 43.0 Å². The molecule has 0 amide bonds. The smallest absolute Gasteiger partial charge is 0.162 e. The van der Waals surface area contributed by atoms with Gasteiger partial charge in [-0.3, -0.25) is 4.90 Å². The molecule has 4 heterocycles. The van der Waals surface area contributed by atoms with E-state index >= 15 is 0 Å². The van der Waals surface area contributed by atoms with Crippen LogP contribution in [-0.2, 0) is 9.47 Å². The summed E-state index contributed by atoms with van der Waals surface area (Å²) in [5.74, 6) is -0.976. The molecule has 1 spiro atoms. The third-order valence-electron chi connectivity index (χ3n) is 6.80. The third kappa shape index (κ3) is 3.54. The van der Waals surface area contributed by atoms with Gasteiger partial charge in [0, 0.05) is 37.2 Å². The second-order valence-corrected chi connectivity index (χ2v) is 8.67. The Balaban J connectivity index is 1.26. The van der Waals surface area contributed by atoms with E-state index in [1.165, 1.54) is 12.1 Å². The fraction of sp³-hybridized carbons (Fsp3) is 0.714. The summed E-state index contributed by atoms with van der Waals surface area (Å²) in [6, 6.07) is 3.03. The molecule has 4 fully saturated rings. The Hall–Kier alpha value is -1.28. The molecule has 4 saturated heterocycles. The number of nitrogens with zero attached hydrogens (tertiary/aromatic N) is 1. The molecule has 5 nitrogen and oxygen atoms in total.